The van der Waals surface area contributed by atoms with Crippen molar-refractivity contribution in [3.05, 3.63) is 29.8 Å². The zero-order chi connectivity index (χ0) is 14.5. The van der Waals surface area contributed by atoms with Crippen LogP contribution in [0.25, 0.3) is 0 Å². The second-order valence-corrected chi connectivity index (χ2v) is 7.53. The quantitative estimate of drug-likeness (QED) is 0.790. The van der Waals surface area contributed by atoms with Gasteiger partial charge in [-0.2, -0.15) is 0 Å². The van der Waals surface area contributed by atoms with E-state index in [2.05, 4.69) is 18.8 Å². The highest BCUT2D eigenvalue weighted by molar-refractivity contribution is 7.92. The minimum atomic E-state index is -3.19. The summed E-state index contributed by atoms with van der Waals surface area (Å²) in [5.74, 6) is 6.47. The molecular formula is C16H22O2S. The molecule has 3 heteroatoms. The van der Waals surface area contributed by atoms with Gasteiger partial charge in [0.1, 0.15) is 0 Å². The van der Waals surface area contributed by atoms with Gasteiger partial charge in [0.2, 0.25) is 0 Å². The van der Waals surface area contributed by atoms with Crippen molar-refractivity contribution in [1.29, 1.82) is 0 Å². The molecule has 0 radical (unpaired) electrons. The average molecular weight is 278 g/mol. The van der Waals surface area contributed by atoms with Crippen LogP contribution in [0.5, 0.6) is 0 Å². The van der Waals surface area contributed by atoms with Crippen molar-refractivity contribution < 1.29 is 8.42 Å². The van der Waals surface area contributed by atoms with Crippen LogP contribution in [-0.4, -0.2) is 13.7 Å². The molecule has 0 aliphatic rings. The van der Waals surface area contributed by atoms with Crippen LogP contribution in [0.3, 0.4) is 0 Å². The molecular weight excluding hydrogens is 256 g/mol. The molecule has 0 aliphatic heterocycles. The van der Waals surface area contributed by atoms with Crippen molar-refractivity contribution >= 4 is 9.84 Å². The average Bonchev–Trinajstić information content (AvgIpc) is 2.36. The lowest BCUT2D eigenvalue weighted by Gasteiger charge is -2.10. The van der Waals surface area contributed by atoms with Gasteiger partial charge in [0, 0.05) is 12.3 Å². The SMILES string of the molecule is CCC#CC(C)Cc1cccc(S(=O)(=O)C(C)C)c1. The van der Waals surface area contributed by atoms with Crippen LogP contribution in [0.15, 0.2) is 29.2 Å². The third kappa shape index (κ3) is 4.40. The lowest BCUT2D eigenvalue weighted by Crippen LogP contribution is -2.14. The molecule has 0 aliphatic carbocycles. The van der Waals surface area contributed by atoms with Gasteiger partial charge in [0.05, 0.1) is 10.1 Å². The van der Waals surface area contributed by atoms with Crippen LogP contribution in [0, 0.1) is 17.8 Å². The number of hydrogen-bond acceptors (Lipinski definition) is 2. The Bertz CT molecular complexity index is 574. The van der Waals surface area contributed by atoms with Crippen LogP contribution in [-0.2, 0) is 16.3 Å². The summed E-state index contributed by atoms with van der Waals surface area (Å²) in [5, 5.41) is -0.389. The van der Waals surface area contributed by atoms with Crippen molar-refractivity contribution in [2.45, 2.75) is 50.7 Å². The maximum atomic E-state index is 12.1. The van der Waals surface area contributed by atoms with E-state index in [0.717, 1.165) is 18.4 Å². The van der Waals surface area contributed by atoms with E-state index in [4.69, 9.17) is 0 Å². The molecule has 2 nitrogen and oxygen atoms in total. The molecule has 0 N–H and O–H groups in total. The summed E-state index contributed by atoms with van der Waals surface area (Å²) < 4.78 is 24.2. The summed E-state index contributed by atoms with van der Waals surface area (Å²) in [6.45, 7) is 7.50. The molecule has 0 saturated heterocycles. The standard InChI is InChI=1S/C16H22O2S/c1-5-6-8-14(4)11-15-9-7-10-16(12-15)19(17,18)13(2)3/h7,9-10,12-14H,5,11H2,1-4H3. The van der Waals surface area contributed by atoms with E-state index in [1.54, 1.807) is 26.0 Å². The lowest BCUT2D eigenvalue weighted by molar-refractivity contribution is 0.587. The molecule has 0 heterocycles. The summed E-state index contributed by atoms with van der Waals surface area (Å²) in [4.78, 5) is 0.413. The van der Waals surface area contributed by atoms with Gasteiger partial charge in [-0.3, -0.25) is 0 Å². The molecule has 1 aromatic carbocycles. The second kappa shape index (κ2) is 6.77. The van der Waals surface area contributed by atoms with E-state index in [1.165, 1.54) is 0 Å². The Morgan fingerprint density at radius 1 is 1.21 bits per heavy atom. The minimum Gasteiger partial charge on any atom is -0.223 e. The molecule has 0 saturated carbocycles. The maximum Gasteiger partial charge on any atom is 0.180 e. The third-order valence-corrected chi connectivity index (χ3v) is 5.07. The summed E-state index contributed by atoms with van der Waals surface area (Å²) in [5.41, 5.74) is 1.03. The molecule has 19 heavy (non-hydrogen) atoms. The zero-order valence-electron chi connectivity index (χ0n) is 12.1. The van der Waals surface area contributed by atoms with E-state index in [1.807, 2.05) is 19.1 Å². The molecule has 0 spiro atoms. The van der Waals surface area contributed by atoms with Crippen molar-refractivity contribution in [3.63, 3.8) is 0 Å². The molecule has 0 amide bonds. The van der Waals surface area contributed by atoms with Gasteiger partial charge in [-0.1, -0.05) is 31.9 Å². The summed E-state index contributed by atoms with van der Waals surface area (Å²) in [6, 6.07) is 7.22. The molecule has 1 rings (SSSR count). The topological polar surface area (TPSA) is 34.1 Å². The highest BCUT2D eigenvalue weighted by Gasteiger charge is 2.19. The van der Waals surface area contributed by atoms with E-state index < -0.39 is 9.84 Å². The first-order valence-electron chi connectivity index (χ1n) is 6.69. The van der Waals surface area contributed by atoms with Crippen LogP contribution >= 0.6 is 0 Å². The van der Waals surface area contributed by atoms with Crippen LogP contribution < -0.4 is 0 Å². The maximum absolute atomic E-state index is 12.1. The number of hydrogen-bond donors (Lipinski definition) is 0. The van der Waals surface area contributed by atoms with Gasteiger partial charge in [-0.25, -0.2) is 8.42 Å². The number of benzene rings is 1. The third-order valence-electron chi connectivity index (χ3n) is 2.91. The molecule has 0 fully saturated rings. The van der Waals surface area contributed by atoms with Crippen LogP contribution in [0.2, 0.25) is 0 Å². The minimum absolute atomic E-state index is 0.247. The Morgan fingerprint density at radius 3 is 2.47 bits per heavy atom. The predicted octanol–water partition coefficient (Wildman–Crippen LogP) is 3.46. The van der Waals surface area contributed by atoms with Crippen LogP contribution in [0.4, 0.5) is 0 Å². The highest BCUT2D eigenvalue weighted by atomic mass is 32.2. The fraction of sp³-hybridized carbons (Fsp3) is 0.500. The highest BCUT2D eigenvalue weighted by Crippen LogP contribution is 2.18. The molecule has 0 aromatic heterocycles. The van der Waals surface area contributed by atoms with Crippen molar-refractivity contribution in [3.8, 4) is 11.8 Å². The summed E-state index contributed by atoms with van der Waals surface area (Å²) >= 11 is 0. The van der Waals surface area contributed by atoms with E-state index in [-0.39, 0.29) is 11.2 Å². The Labute approximate surface area is 117 Å². The van der Waals surface area contributed by atoms with E-state index in [0.29, 0.717) is 4.90 Å². The normalized spacial score (nSPS) is 12.9. The van der Waals surface area contributed by atoms with Gasteiger partial charge in [-0.05, 0) is 38.0 Å². The first-order chi connectivity index (χ1) is 8.87. The molecule has 0 bridgehead atoms. The van der Waals surface area contributed by atoms with Gasteiger partial charge in [0.15, 0.2) is 9.84 Å². The smallest absolute Gasteiger partial charge is 0.180 e. The Hall–Kier alpha value is -1.27. The Morgan fingerprint density at radius 2 is 1.89 bits per heavy atom. The second-order valence-electron chi connectivity index (χ2n) is 5.02. The predicted molar refractivity (Wildman–Crippen MR) is 79.7 cm³/mol. The Balaban J connectivity index is 2.96. The monoisotopic (exact) mass is 278 g/mol. The zero-order valence-corrected chi connectivity index (χ0v) is 12.9. The number of sulfone groups is 1. The van der Waals surface area contributed by atoms with Crippen LogP contribution in [0.1, 0.15) is 39.7 Å². The largest absolute Gasteiger partial charge is 0.223 e. The van der Waals surface area contributed by atoms with Crippen molar-refractivity contribution in [2.75, 3.05) is 0 Å². The van der Waals surface area contributed by atoms with Gasteiger partial charge in [0.25, 0.3) is 0 Å². The molecule has 1 unspecified atom stereocenters. The lowest BCUT2D eigenvalue weighted by atomic mass is 10.0. The van der Waals surface area contributed by atoms with Gasteiger partial charge >= 0.3 is 0 Å². The summed E-state index contributed by atoms with van der Waals surface area (Å²) in [6.07, 6.45) is 1.64. The van der Waals surface area contributed by atoms with Gasteiger partial charge < -0.3 is 0 Å². The number of rotatable bonds is 4. The van der Waals surface area contributed by atoms with E-state index in [9.17, 15) is 8.42 Å². The fourth-order valence-corrected chi connectivity index (χ4v) is 2.93. The molecule has 1 atom stereocenters. The molecule has 1 aromatic rings. The van der Waals surface area contributed by atoms with E-state index >= 15 is 0 Å². The molecule has 104 valence electrons. The fourth-order valence-electron chi connectivity index (χ4n) is 1.80. The first kappa shape index (κ1) is 15.8. The van der Waals surface area contributed by atoms with Crippen molar-refractivity contribution in [1.82, 2.24) is 0 Å². The van der Waals surface area contributed by atoms with Gasteiger partial charge in [-0.15, -0.1) is 5.92 Å². The summed E-state index contributed by atoms with van der Waals surface area (Å²) in [7, 11) is -3.19. The van der Waals surface area contributed by atoms with Crippen molar-refractivity contribution in [2.24, 2.45) is 5.92 Å². The Kier molecular flexibility index (Phi) is 5.62. The first-order valence-corrected chi connectivity index (χ1v) is 8.23.